The number of nitrogens with one attached hydrogen (secondary N) is 1. The molecule has 2 aromatic heterocycles. The quantitative estimate of drug-likeness (QED) is 0.228. The summed E-state index contributed by atoms with van der Waals surface area (Å²) in [4.78, 5) is 55.2. The van der Waals surface area contributed by atoms with Crippen molar-refractivity contribution in [2.45, 2.75) is 58.9 Å². The molecule has 5 heterocycles. The molecule has 58 heavy (non-hydrogen) atoms. The second kappa shape index (κ2) is 15.8. The molecule has 0 aliphatic carbocycles. The number of nitrogens with zero attached hydrogens (tertiary/aromatic N) is 7. The number of fused-ring (bicyclic) bond motifs is 2. The van der Waals surface area contributed by atoms with Crippen LogP contribution in [0.2, 0.25) is 0 Å². The van der Waals surface area contributed by atoms with Crippen LogP contribution in [-0.4, -0.2) is 98.7 Å². The van der Waals surface area contributed by atoms with E-state index < -0.39 is 35.4 Å². The molecule has 16 heteroatoms. The van der Waals surface area contributed by atoms with Gasteiger partial charge >= 0.3 is 18.3 Å². The van der Waals surface area contributed by atoms with Crippen molar-refractivity contribution in [3.8, 4) is 23.2 Å². The summed E-state index contributed by atoms with van der Waals surface area (Å²) < 4.78 is 50.0. The smallest absolute Gasteiger partial charge is 0.417 e. The Bertz CT molecular complexity index is 2330. The zero-order valence-electron chi connectivity index (χ0n) is 33.2. The minimum atomic E-state index is -4.58. The molecule has 0 atom stereocenters. The molecule has 3 aliphatic rings. The predicted molar refractivity (Wildman–Crippen MR) is 213 cm³/mol. The number of alkyl halides is 3. The number of benzene rings is 2. The van der Waals surface area contributed by atoms with Crippen LogP contribution in [0.1, 0.15) is 71.6 Å². The number of hydrogen-bond donors (Lipinski definition) is 2. The Morgan fingerprint density at radius 3 is 2.36 bits per heavy atom. The molecule has 1 fully saturated rings. The fourth-order valence-electron chi connectivity index (χ4n) is 7.58. The number of amides is 4. The Balaban J connectivity index is 1.07. The van der Waals surface area contributed by atoms with E-state index >= 15 is 0 Å². The highest BCUT2D eigenvalue weighted by Gasteiger charge is 2.36. The van der Waals surface area contributed by atoms with Gasteiger partial charge in [0.1, 0.15) is 11.3 Å². The second-order valence-electron chi connectivity index (χ2n) is 15.6. The Labute approximate surface area is 334 Å². The van der Waals surface area contributed by atoms with Gasteiger partial charge in [0.15, 0.2) is 0 Å². The molecule has 304 valence electrons. The van der Waals surface area contributed by atoms with E-state index in [4.69, 9.17) is 10.5 Å². The van der Waals surface area contributed by atoms with Crippen LogP contribution in [0.15, 0.2) is 48.7 Å². The number of ether oxygens (including phenoxy) is 1. The van der Waals surface area contributed by atoms with Gasteiger partial charge in [-0.1, -0.05) is 24.8 Å². The molecule has 0 bridgehead atoms. The highest BCUT2D eigenvalue weighted by molar-refractivity contribution is 6.06. The second-order valence-corrected chi connectivity index (χ2v) is 15.6. The van der Waals surface area contributed by atoms with Gasteiger partial charge in [-0.3, -0.25) is 14.6 Å². The molecule has 0 unspecified atom stereocenters. The normalized spacial score (nSPS) is 16.1. The minimum Gasteiger partial charge on any atom is -0.443 e. The number of imide groups is 1. The minimum absolute atomic E-state index is 0.0175. The van der Waals surface area contributed by atoms with Crippen molar-refractivity contribution in [2.24, 2.45) is 7.05 Å². The van der Waals surface area contributed by atoms with E-state index in [9.17, 15) is 27.6 Å². The first-order valence-corrected chi connectivity index (χ1v) is 19.2. The fourth-order valence-corrected chi connectivity index (χ4v) is 7.58. The Morgan fingerprint density at radius 2 is 1.66 bits per heavy atom. The van der Waals surface area contributed by atoms with Crippen LogP contribution >= 0.6 is 0 Å². The standard InChI is InChI=1S/C42H46F3N9O4/c1-6-51-17-19-52(20-18-51)25-29-10-11-30(22-32(29)42(43,44)45)48-39(56)53-15-13-27-21-26(8-12-33(27)53)7-9-28-24-47-38(46)49-36(28)35-23-31-34(50(35)5)14-16-54(37(31)55)40(57)58-41(2,3)4/h8,10-12,21-24H,6,13-20,25H2,1-5H3,(H,48,56)(H2,46,47,49). The lowest BCUT2D eigenvalue weighted by Gasteiger charge is -2.34. The van der Waals surface area contributed by atoms with Crippen molar-refractivity contribution >= 4 is 35.4 Å². The van der Waals surface area contributed by atoms with Gasteiger partial charge in [-0.15, -0.1) is 0 Å². The van der Waals surface area contributed by atoms with Crippen molar-refractivity contribution in [1.82, 2.24) is 29.2 Å². The molecule has 1 saturated heterocycles. The Kier molecular flexibility index (Phi) is 11.0. The molecule has 13 nitrogen and oxygen atoms in total. The van der Waals surface area contributed by atoms with Gasteiger partial charge < -0.3 is 25.3 Å². The molecule has 0 spiro atoms. The van der Waals surface area contributed by atoms with Crippen LogP contribution in [-0.2, 0) is 37.3 Å². The first kappa shape index (κ1) is 40.3. The lowest BCUT2D eigenvalue weighted by molar-refractivity contribution is -0.138. The Hall–Kier alpha value is -5.92. The van der Waals surface area contributed by atoms with E-state index in [1.807, 2.05) is 22.6 Å². The zero-order chi connectivity index (χ0) is 41.5. The molecule has 0 radical (unpaired) electrons. The molecule has 3 N–H and O–H groups in total. The first-order valence-electron chi connectivity index (χ1n) is 19.2. The molecule has 4 amide bonds. The van der Waals surface area contributed by atoms with Crippen LogP contribution in [0.4, 0.5) is 40.1 Å². The molecular formula is C42H46F3N9O4. The van der Waals surface area contributed by atoms with Gasteiger partial charge in [0.2, 0.25) is 5.95 Å². The van der Waals surface area contributed by atoms with E-state index in [0.717, 1.165) is 41.9 Å². The molecular weight excluding hydrogens is 752 g/mol. The third-order valence-corrected chi connectivity index (χ3v) is 10.6. The number of anilines is 3. The summed E-state index contributed by atoms with van der Waals surface area (Å²) in [5.74, 6) is 5.83. The van der Waals surface area contributed by atoms with Crippen molar-refractivity contribution in [2.75, 3.05) is 61.8 Å². The number of nitrogen functional groups attached to an aromatic ring is 1. The summed E-state index contributed by atoms with van der Waals surface area (Å²) in [6.07, 6.45) is -2.84. The van der Waals surface area contributed by atoms with Crippen molar-refractivity contribution < 1.29 is 32.3 Å². The molecule has 0 saturated carbocycles. The summed E-state index contributed by atoms with van der Waals surface area (Å²) in [5.41, 5.74) is 9.40. The van der Waals surface area contributed by atoms with E-state index in [-0.39, 0.29) is 30.3 Å². The Morgan fingerprint density at radius 1 is 0.931 bits per heavy atom. The van der Waals surface area contributed by atoms with Crippen molar-refractivity contribution in [1.29, 1.82) is 0 Å². The van der Waals surface area contributed by atoms with Gasteiger partial charge in [0, 0.05) is 88.1 Å². The third-order valence-electron chi connectivity index (χ3n) is 10.6. The number of rotatable bonds is 5. The van der Waals surface area contributed by atoms with E-state index in [0.29, 0.717) is 66.2 Å². The van der Waals surface area contributed by atoms with Gasteiger partial charge in [-0.05, 0) is 81.3 Å². The van der Waals surface area contributed by atoms with Crippen LogP contribution in [0.3, 0.4) is 0 Å². The molecule has 4 aromatic rings. The van der Waals surface area contributed by atoms with Crippen molar-refractivity contribution in [3.05, 3.63) is 87.7 Å². The number of carbonyl (C=O) groups is 3. The number of aromatic nitrogens is 3. The van der Waals surface area contributed by atoms with Crippen molar-refractivity contribution in [3.63, 3.8) is 0 Å². The topological polar surface area (TPSA) is 142 Å². The van der Waals surface area contributed by atoms with Crippen LogP contribution in [0, 0.1) is 11.8 Å². The average Bonchev–Trinajstić information content (AvgIpc) is 3.75. The number of piperazine rings is 1. The van der Waals surface area contributed by atoms with Gasteiger partial charge in [-0.25, -0.2) is 24.5 Å². The maximum absolute atomic E-state index is 14.2. The summed E-state index contributed by atoms with van der Waals surface area (Å²) in [7, 11) is 1.81. The largest absolute Gasteiger partial charge is 0.443 e. The third kappa shape index (κ3) is 8.51. The monoisotopic (exact) mass is 797 g/mol. The van der Waals surface area contributed by atoms with Crippen LogP contribution < -0.4 is 16.0 Å². The highest BCUT2D eigenvalue weighted by Crippen LogP contribution is 2.36. The summed E-state index contributed by atoms with van der Waals surface area (Å²) >= 11 is 0. The maximum atomic E-state index is 14.2. The lowest BCUT2D eigenvalue weighted by Crippen LogP contribution is -2.45. The van der Waals surface area contributed by atoms with E-state index in [1.54, 1.807) is 39.0 Å². The van der Waals surface area contributed by atoms with Gasteiger partial charge in [-0.2, -0.15) is 13.2 Å². The van der Waals surface area contributed by atoms with Gasteiger partial charge in [0.05, 0.1) is 22.4 Å². The number of urea groups is 1. The average molecular weight is 798 g/mol. The number of hydrogen-bond acceptors (Lipinski definition) is 9. The fraction of sp³-hybridized carbons (Fsp3) is 0.405. The predicted octanol–water partition coefficient (Wildman–Crippen LogP) is 6.15. The van der Waals surface area contributed by atoms with Crippen LogP contribution in [0.25, 0.3) is 11.4 Å². The summed E-state index contributed by atoms with van der Waals surface area (Å²) in [6, 6.07) is 10.5. The highest BCUT2D eigenvalue weighted by atomic mass is 19.4. The number of likely N-dealkylation sites (N-methyl/N-ethyl adjacent to an activating group) is 1. The van der Waals surface area contributed by atoms with Crippen LogP contribution in [0.5, 0.6) is 0 Å². The maximum Gasteiger partial charge on any atom is 0.417 e. The van der Waals surface area contributed by atoms with E-state index in [1.165, 1.54) is 23.2 Å². The molecule has 2 aromatic carbocycles. The summed E-state index contributed by atoms with van der Waals surface area (Å²) in [6.45, 7) is 11.9. The van der Waals surface area contributed by atoms with E-state index in [2.05, 4.69) is 38.9 Å². The number of carbonyl (C=O) groups excluding carboxylic acids is 3. The number of nitrogens with two attached hydrogens (primary N) is 1. The first-order chi connectivity index (χ1) is 27.5. The molecule has 7 rings (SSSR count). The SMILES string of the molecule is CCN1CCN(Cc2ccc(NC(=O)N3CCc4cc(C#Cc5cnc(N)nc5-c5cc6c(n5C)CCN(C(=O)OC(C)(C)C)C6=O)ccc43)cc2C(F)(F)F)CC1. The van der Waals surface area contributed by atoms with Gasteiger partial charge in [0.25, 0.3) is 5.91 Å². The summed E-state index contributed by atoms with van der Waals surface area (Å²) in [5, 5.41) is 2.68. The number of halogens is 3. The molecule has 3 aliphatic heterocycles. The lowest BCUT2D eigenvalue weighted by atomic mass is 10.0. The zero-order valence-corrected chi connectivity index (χ0v) is 33.2.